The van der Waals surface area contributed by atoms with Crippen molar-refractivity contribution in [2.45, 2.75) is 51.4 Å². The Morgan fingerprint density at radius 2 is 2.12 bits per heavy atom. The molecule has 2 atom stereocenters. The Labute approximate surface area is 96.6 Å². The Kier molecular flexibility index (Phi) is 4.15. The molecule has 0 saturated carbocycles. The molecular weight excluding hydrogens is 208 g/mol. The second-order valence-electron chi connectivity index (χ2n) is 5.30. The highest BCUT2D eigenvalue weighted by Gasteiger charge is 2.28. The number of nitrogens with zero attached hydrogens (tertiary/aromatic N) is 1. The molecule has 0 aromatic rings. The summed E-state index contributed by atoms with van der Waals surface area (Å²) in [5.74, 6) is 0. The number of amides is 1. The second kappa shape index (κ2) is 5.01. The van der Waals surface area contributed by atoms with Crippen molar-refractivity contribution in [3.63, 3.8) is 0 Å². The molecule has 3 N–H and O–H groups in total. The molecule has 5 heteroatoms. The van der Waals surface area contributed by atoms with Gasteiger partial charge in [-0.3, -0.25) is 0 Å². The lowest BCUT2D eigenvalue weighted by Gasteiger charge is -2.27. The summed E-state index contributed by atoms with van der Waals surface area (Å²) in [6, 6.07) is -0.243. The smallest absolute Gasteiger partial charge is 0.410 e. The maximum absolute atomic E-state index is 11.8. The molecule has 1 saturated heterocycles. The zero-order valence-corrected chi connectivity index (χ0v) is 10.3. The van der Waals surface area contributed by atoms with Crippen molar-refractivity contribution in [2.75, 3.05) is 13.1 Å². The molecule has 1 aliphatic rings. The van der Waals surface area contributed by atoms with E-state index >= 15 is 0 Å². The van der Waals surface area contributed by atoms with E-state index in [1.165, 1.54) is 4.90 Å². The molecule has 0 aromatic carbocycles. The van der Waals surface area contributed by atoms with Crippen LogP contribution in [0.2, 0.25) is 0 Å². The van der Waals surface area contributed by atoms with Gasteiger partial charge in [-0.25, -0.2) is 4.79 Å². The van der Waals surface area contributed by atoms with Crippen LogP contribution in [0.1, 0.15) is 33.6 Å². The summed E-state index contributed by atoms with van der Waals surface area (Å²) in [5, 5.41) is 9.70. The fourth-order valence-electron chi connectivity index (χ4n) is 1.66. The molecule has 2 unspecified atom stereocenters. The summed E-state index contributed by atoms with van der Waals surface area (Å²) < 4.78 is 5.25. The van der Waals surface area contributed by atoms with Gasteiger partial charge in [-0.2, -0.15) is 0 Å². The Morgan fingerprint density at radius 3 is 2.69 bits per heavy atom. The van der Waals surface area contributed by atoms with Crippen molar-refractivity contribution in [3.05, 3.63) is 0 Å². The van der Waals surface area contributed by atoms with Crippen LogP contribution in [0.15, 0.2) is 0 Å². The van der Waals surface area contributed by atoms with E-state index in [4.69, 9.17) is 10.5 Å². The first-order valence-electron chi connectivity index (χ1n) is 5.71. The van der Waals surface area contributed by atoms with Crippen LogP contribution < -0.4 is 5.73 Å². The number of hydrogen-bond acceptors (Lipinski definition) is 4. The van der Waals surface area contributed by atoms with Gasteiger partial charge in [0.1, 0.15) is 5.60 Å². The SMILES string of the molecule is CC(C)(C)OC(=O)N1CCCC(N)C(O)C1. The van der Waals surface area contributed by atoms with E-state index < -0.39 is 11.7 Å². The maximum Gasteiger partial charge on any atom is 0.410 e. The van der Waals surface area contributed by atoms with E-state index in [1.54, 1.807) is 0 Å². The van der Waals surface area contributed by atoms with Crippen LogP contribution in [0.5, 0.6) is 0 Å². The van der Waals surface area contributed by atoms with Crippen LogP contribution in [0, 0.1) is 0 Å². The topological polar surface area (TPSA) is 75.8 Å². The van der Waals surface area contributed by atoms with E-state index in [-0.39, 0.29) is 18.7 Å². The summed E-state index contributed by atoms with van der Waals surface area (Å²) in [6.45, 7) is 6.33. The van der Waals surface area contributed by atoms with E-state index in [0.717, 1.165) is 12.8 Å². The van der Waals surface area contributed by atoms with Gasteiger partial charge >= 0.3 is 6.09 Å². The van der Waals surface area contributed by atoms with Gasteiger partial charge in [-0.15, -0.1) is 0 Å². The first-order valence-corrected chi connectivity index (χ1v) is 5.71. The molecule has 1 heterocycles. The van der Waals surface area contributed by atoms with Crippen molar-refractivity contribution < 1.29 is 14.6 Å². The Morgan fingerprint density at radius 1 is 1.50 bits per heavy atom. The summed E-state index contributed by atoms with van der Waals surface area (Å²) >= 11 is 0. The molecule has 1 aliphatic heterocycles. The number of β-amino-alcohol motifs (C(OH)–C–C–N with tert-alkyl or cyclic N) is 1. The van der Waals surface area contributed by atoms with Crippen molar-refractivity contribution in [3.8, 4) is 0 Å². The van der Waals surface area contributed by atoms with Gasteiger partial charge < -0.3 is 20.5 Å². The molecule has 1 rings (SSSR count). The summed E-state index contributed by atoms with van der Waals surface area (Å²) in [6.07, 6.45) is 0.508. The van der Waals surface area contributed by atoms with E-state index in [9.17, 15) is 9.90 Å². The lowest BCUT2D eigenvalue weighted by atomic mass is 10.1. The quantitative estimate of drug-likeness (QED) is 0.642. The molecule has 16 heavy (non-hydrogen) atoms. The van der Waals surface area contributed by atoms with E-state index in [2.05, 4.69) is 0 Å². The maximum atomic E-state index is 11.8. The van der Waals surface area contributed by atoms with Crippen LogP contribution in [0.25, 0.3) is 0 Å². The highest BCUT2D eigenvalue weighted by Crippen LogP contribution is 2.14. The molecule has 5 nitrogen and oxygen atoms in total. The number of aliphatic hydroxyl groups is 1. The van der Waals surface area contributed by atoms with Gasteiger partial charge in [-0.1, -0.05) is 0 Å². The zero-order valence-electron chi connectivity index (χ0n) is 10.3. The van der Waals surface area contributed by atoms with Crippen molar-refractivity contribution in [2.24, 2.45) is 5.73 Å². The minimum absolute atomic E-state index is 0.243. The number of nitrogens with two attached hydrogens (primary N) is 1. The molecule has 0 bridgehead atoms. The fraction of sp³-hybridized carbons (Fsp3) is 0.909. The largest absolute Gasteiger partial charge is 0.444 e. The number of rotatable bonds is 0. The van der Waals surface area contributed by atoms with E-state index in [1.807, 2.05) is 20.8 Å². The van der Waals surface area contributed by atoms with Crippen LogP contribution in [-0.4, -0.2) is 46.9 Å². The highest BCUT2D eigenvalue weighted by atomic mass is 16.6. The average Bonchev–Trinajstić information content (AvgIpc) is 2.27. The normalized spacial score (nSPS) is 27.4. The molecule has 0 aliphatic carbocycles. The van der Waals surface area contributed by atoms with Crippen LogP contribution in [-0.2, 0) is 4.74 Å². The van der Waals surface area contributed by atoms with Gasteiger partial charge in [0.2, 0.25) is 0 Å². The lowest BCUT2D eigenvalue weighted by molar-refractivity contribution is 0.0163. The Balaban J connectivity index is 2.56. The van der Waals surface area contributed by atoms with Crippen LogP contribution in [0.4, 0.5) is 4.79 Å². The van der Waals surface area contributed by atoms with Crippen LogP contribution in [0.3, 0.4) is 0 Å². The first-order chi connectivity index (χ1) is 7.29. The molecule has 94 valence electrons. The number of likely N-dealkylation sites (tertiary alicyclic amines) is 1. The highest BCUT2D eigenvalue weighted by molar-refractivity contribution is 5.68. The number of carbonyl (C=O) groups is 1. The zero-order chi connectivity index (χ0) is 12.3. The fourth-order valence-corrected chi connectivity index (χ4v) is 1.66. The molecule has 1 fully saturated rings. The summed E-state index contributed by atoms with van der Waals surface area (Å²) in [5.41, 5.74) is 5.24. The molecule has 1 amide bonds. The predicted octanol–water partition coefficient (Wildman–Crippen LogP) is 0.706. The van der Waals surface area contributed by atoms with Crippen LogP contribution >= 0.6 is 0 Å². The van der Waals surface area contributed by atoms with Crippen molar-refractivity contribution in [1.29, 1.82) is 0 Å². The number of carbonyl (C=O) groups excluding carboxylic acids is 1. The van der Waals surface area contributed by atoms with Gasteiger partial charge in [0.05, 0.1) is 12.6 Å². The third-order valence-corrected chi connectivity index (χ3v) is 2.52. The van der Waals surface area contributed by atoms with Gasteiger partial charge in [0.15, 0.2) is 0 Å². The lowest BCUT2D eigenvalue weighted by Crippen LogP contribution is -2.44. The van der Waals surface area contributed by atoms with Gasteiger partial charge in [0.25, 0.3) is 0 Å². The summed E-state index contributed by atoms with van der Waals surface area (Å²) in [7, 11) is 0. The minimum atomic E-state index is -0.657. The first kappa shape index (κ1) is 13.3. The van der Waals surface area contributed by atoms with E-state index in [0.29, 0.717) is 6.54 Å². The number of ether oxygens (including phenoxy) is 1. The monoisotopic (exact) mass is 230 g/mol. The Bertz CT molecular complexity index is 250. The molecule has 0 radical (unpaired) electrons. The third-order valence-electron chi connectivity index (χ3n) is 2.52. The number of aliphatic hydroxyl groups excluding tert-OH is 1. The third kappa shape index (κ3) is 3.98. The Hall–Kier alpha value is -0.810. The molecular formula is C11H22N2O3. The average molecular weight is 230 g/mol. The van der Waals surface area contributed by atoms with Crippen molar-refractivity contribution >= 4 is 6.09 Å². The van der Waals surface area contributed by atoms with Gasteiger partial charge in [-0.05, 0) is 33.6 Å². The predicted molar refractivity (Wildman–Crippen MR) is 61.0 cm³/mol. The molecule has 0 aromatic heterocycles. The summed E-state index contributed by atoms with van der Waals surface area (Å²) in [4.78, 5) is 13.3. The van der Waals surface area contributed by atoms with Crippen molar-refractivity contribution in [1.82, 2.24) is 4.90 Å². The standard InChI is InChI=1S/C11H22N2O3/c1-11(2,3)16-10(15)13-6-4-5-8(12)9(14)7-13/h8-9,14H,4-7,12H2,1-3H3. The number of hydrogen-bond donors (Lipinski definition) is 2. The minimum Gasteiger partial charge on any atom is -0.444 e. The molecule has 0 spiro atoms. The van der Waals surface area contributed by atoms with Gasteiger partial charge in [0, 0.05) is 12.6 Å². The second-order valence-corrected chi connectivity index (χ2v) is 5.30.